The van der Waals surface area contributed by atoms with Gasteiger partial charge in [-0.15, -0.1) is 11.3 Å². The van der Waals surface area contributed by atoms with Crippen molar-refractivity contribution in [1.29, 1.82) is 0 Å². The van der Waals surface area contributed by atoms with Crippen molar-refractivity contribution in [3.05, 3.63) is 116 Å². The van der Waals surface area contributed by atoms with Crippen LogP contribution in [0.3, 0.4) is 0 Å². The van der Waals surface area contributed by atoms with E-state index in [0.29, 0.717) is 17.5 Å². The fourth-order valence-corrected chi connectivity index (χ4v) is 5.61. The lowest BCUT2D eigenvalue weighted by molar-refractivity contribution is 1.08. The maximum atomic E-state index is 4.97. The summed E-state index contributed by atoms with van der Waals surface area (Å²) in [7, 11) is 0. The van der Waals surface area contributed by atoms with Crippen LogP contribution in [-0.4, -0.2) is 24.9 Å². The van der Waals surface area contributed by atoms with Crippen LogP contribution in [0.5, 0.6) is 0 Å². The van der Waals surface area contributed by atoms with Gasteiger partial charge in [-0.1, -0.05) is 84.9 Å². The second-order valence-corrected chi connectivity index (χ2v) is 9.62. The van der Waals surface area contributed by atoms with Crippen molar-refractivity contribution in [2.75, 3.05) is 0 Å². The minimum atomic E-state index is 0.641. The van der Waals surface area contributed by atoms with E-state index >= 15 is 0 Å². The molecule has 0 unspecified atom stereocenters. The zero-order valence-electron chi connectivity index (χ0n) is 19.6. The number of fused-ring (bicyclic) bond motifs is 3. The van der Waals surface area contributed by atoms with Crippen molar-refractivity contribution in [2.24, 2.45) is 0 Å². The number of hydrogen-bond donors (Lipinski definition) is 0. The molecule has 0 saturated carbocycles. The Hall–Kier alpha value is -4.81. The number of aromatic nitrogens is 5. The standard InChI is InChI=1S/C31H19N5S/c1-3-9-21(10-4-1)28-34-29(22-11-5-2-6-12-22)36-30(35-28)24-15-7-13-20-16-17-25-27(26(20)24)37-31(33-25)23-14-8-18-32-19-23/h1-19H. The van der Waals surface area contributed by atoms with E-state index in [2.05, 4.69) is 35.3 Å². The Morgan fingerprint density at radius 3 is 1.86 bits per heavy atom. The summed E-state index contributed by atoms with van der Waals surface area (Å²) in [5.41, 5.74) is 4.81. The van der Waals surface area contributed by atoms with E-state index in [1.807, 2.05) is 79.0 Å². The van der Waals surface area contributed by atoms with Crippen molar-refractivity contribution in [3.8, 4) is 44.7 Å². The fourth-order valence-electron chi connectivity index (χ4n) is 4.48. The Kier molecular flexibility index (Phi) is 5.22. The Morgan fingerprint density at radius 1 is 0.514 bits per heavy atom. The maximum absolute atomic E-state index is 4.97. The van der Waals surface area contributed by atoms with Gasteiger partial charge in [0, 0.05) is 40.0 Å². The van der Waals surface area contributed by atoms with Gasteiger partial charge in [0.1, 0.15) is 5.01 Å². The lowest BCUT2D eigenvalue weighted by atomic mass is 10.0. The zero-order chi connectivity index (χ0) is 24.6. The molecule has 37 heavy (non-hydrogen) atoms. The van der Waals surface area contributed by atoms with Crippen LogP contribution in [0, 0.1) is 0 Å². The molecule has 3 aromatic heterocycles. The van der Waals surface area contributed by atoms with Crippen LogP contribution >= 0.6 is 11.3 Å². The van der Waals surface area contributed by atoms with Crippen LogP contribution in [0.2, 0.25) is 0 Å². The van der Waals surface area contributed by atoms with E-state index in [9.17, 15) is 0 Å². The van der Waals surface area contributed by atoms with Crippen molar-refractivity contribution >= 4 is 32.3 Å². The molecule has 0 amide bonds. The number of pyridine rings is 1. The molecule has 0 spiro atoms. The van der Waals surface area contributed by atoms with Gasteiger partial charge in [-0.3, -0.25) is 4.98 Å². The summed E-state index contributed by atoms with van der Waals surface area (Å²) in [6.07, 6.45) is 3.63. The summed E-state index contributed by atoms with van der Waals surface area (Å²) < 4.78 is 1.11. The minimum absolute atomic E-state index is 0.641. The molecule has 0 bridgehead atoms. The Morgan fingerprint density at radius 2 is 1.19 bits per heavy atom. The lowest BCUT2D eigenvalue weighted by Crippen LogP contribution is -2.00. The van der Waals surface area contributed by atoms with Gasteiger partial charge in [0.2, 0.25) is 0 Å². The molecule has 0 fully saturated rings. The van der Waals surface area contributed by atoms with E-state index in [1.54, 1.807) is 17.5 Å². The minimum Gasteiger partial charge on any atom is -0.264 e. The molecule has 6 heteroatoms. The molecule has 0 aliphatic carbocycles. The largest absolute Gasteiger partial charge is 0.264 e. The van der Waals surface area contributed by atoms with Gasteiger partial charge in [-0.25, -0.2) is 19.9 Å². The average Bonchev–Trinajstić information content (AvgIpc) is 3.43. The molecule has 0 radical (unpaired) electrons. The van der Waals surface area contributed by atoms with Crippen molar-refractivity contribution in [1.82, 2.24) is 24.9 Å². The Balaban J connectivity index is 1.50. The van der Waals surface area contributed by atoms with Crippen molar-refractivity contribution in [2.45, 2.75) is 0 Å². The number of rotatable bonds is 4. The third-order valence-corrected chi connectivity index (χ3v) is 7.38. The highest BCUT2D eigenvalue weighted by atomic mass is 32.1. The van der Waals surface area contributed by atoms with E-state index in [1.165, 1.54) is 0 Å². The number of hydrogen-bond acceptors (Lipinski definition) is 6. The van der Waals surface area contributed by atoms with Crippen molar-refractivity contribution < 1.29 is 0 Å². The highest BCUT2D eigenvalue weighted by molar-refractivity contribution is 7.22. The van der Waals surface area contributed by atoms with E-state index in [0.717, 1.165) is 48.3 Å². The molecule has 0 N–H and O–H groups in total. The highest BCUT2D eigenvalue weighted by Crippen LogP contribution is 2.39. The SMILES string of the molecule is c1ccc(-c2nc(-c3ccccc3)nc(-c3cccc4ccc5nc(-c6cccnc6)sc5c34)n2)cc1. The van der Waals surface area contributed by atoms with Crippen LogP contribution < -0.4 is 0 Å². The smallest absolute Gasteiger partial charge is 0.164 e. The summed E-state index contributed by atoms with van der Waals surface area (Å²) in [5, 5.41) is 3.15. The van der Waals surface area contributed by atoms with Gasteiger partial charge in [-0.2, -0.15) is 0 Å². The number of benzene rings is 4. The predicted octanol–water partition coefficient (Wildman–Crippen LogP) is 7.70. The molecule has 4 aromatic carbocycles. The molecule has 7 aromatic rings. The maximum Gasteiger partial charge on any atom is 0.164 e. The second-order valence-electron chi connectivity index (χ2n) is 8.62. The molecular weight excluding hydrogens is 474 g/mol. The van der Waals surface area contributed by atoms with Gasteiger partial charge in [0.05, 0.1) is 10.2 Å². The lowest BCUT2D eigenvalue weighted by Gasteiger charge is -2.10. The number of thiazole rings is 1. The van der Waals surface area contributed by atoms with Gasteiger partial charge >= 0.3 is 0 Å². The van der Waals surface area contributed by atoms with Crippen LogP contribution in [0.25, 0.3) is 65.7 Å². The molecule has 7 rings (SSSR count). The van der Waals surface area contributed by atoms with E-state index < -0.39 is 0 Å². The fraction of sp³-hybridized carbons (Fsp3) is 0. The Labute approximate surface area is 217 Å². The molecule has 174 valence electrons. The molecular formula is C31H19N5S. The van der Waals surface area contributed by atoms with E-state index in [-0.39, 0.29) is 0 Å². The molecule has 0 aliphatic heterocycles. The topological polar surface area (TPSA) is 64.5 Å². The summed E-state index contributed by atoms with van der Waals surface area (Å²) >= 11 is 1.67. The summed E-state index contributed by atoms with van der Waals surface area (Å²) in [5.74, 6) is 1.94. The van der Waals surface area contributed by atoms with Gasteiger partial charge in [-0.05, 0) is 23.6 Å². The third-order valence-electron chi connectivity index (χ3n) is 6.25. The molecule has 0 atom stereocenters. The highest BCUT2D eigenvalue weighted by Gasteiger charge is 2.17. The van der Waals surface area contributed by atoms with Gasteiger partial charge in [0.25, 0.3) is 0 Å². The average molecular weight is 494 g/mol. The van der Waals surface area contributed by atoms with Crippen molar-refractivity contribution in [3.63, 3.8) is 0 Å². The molecule has 0 aliphatic rings. The van der Waals surface area contributed by atoms with E-state index in [4.69, 9.17) is 19.9 Å². The summed E-state index contributed by atoms with van der Waals surface area (Å²) in [6, 6.07) is 34.5. The monoisotopic (exact) mass is 493 g/mol. The van der Waals surface area contributed by atoms with Crippen LogP contribution in [0.1, 0.15) is 0 Å². The predicted molar refractivity (Wildman–Crippen MR) is 150 cm³/mol. The van der Waals surface area contributed by atoms with Crippen LogP contribution in [0.4, 0.5) is 0 Å². The first-order valence-electron chi connectivity index (χ1n) is 11.9. The van der Waals surface area contributed by atoms with Crippen LogP contribution in [-0.2, 0) is 0 Å². The molecule has 3 heterocycles. The first-order valence-corrected chi connectivity index (χ1v) is 12.8. The third kappa shape index (κ3) is 3.93. The summed E-state index contributed by atoms with van der Waals surface area (Å²) in [6.45, 7) is 0. The zero-order valence-corrected chi connectivity index (χ0v) is 20.4. The number of nitrogens with zero attached hydrogens (tertiary/aromatic N) is 5. The van der Waals surface area contributed by atoms with Crippen LogP contribution in [0.15, 0.2) is 116 Å². The first kappa shape index (κ1) is 21.5. The van der Waals surface area contributed by atoms with Gasteiger partial charge < -0.3 is 0 Å². The quantitative estimate of drug-likeness (QED) is 0.251. The Bertz CT molecular complexity index is 1810. The first-order chi connectivity index (χ1) is 18.3. The van der Waals surface area contributed by atoms with Gasteiger partial charge in [0.15, 0.2) is 17.5 Å². The molecule has 5 nitrogen and oxygen atoms in total. The molecule has 0 saturated heterocycles. The summed E-state index contributed by atoms with van der Waals surface area (Å²) in [4.78, 5) is 24.0. The second kappa shape index (κ2) is 9.00. The normalized spacial score (nSPS) is 11.2.